The molecule has 0 bridgehead atoms. The summed E-state index contributed by atoms with van der Waals surface area (Å²) in [4.78, 5) is 6.83. The fourth-order valence-corrected chi connectivity index (χ4v) is 2.40. The number of aliphatic imine (C=N–C) groups is 1. The van der Waals surface area contributed by atoms with E-state index in [-0.39, 0.29) is 6.04 Å². The van der Waals surface area contributed by atoms with Gasteiger partial charge in [-0.1, -0.05) is 44.2 Å². The Morgan fingerprint density at radius 2 is 1.90 bits per heavy atom. The summed E-state index contributed by atoms with van der Waals surface area (Å²) in [6.45, 7) is 8.06. The SMILES string of the molecule is C/C=C\C(=C/C)C1C(OC)=Nc2ccccc2N1C.CC. The number of anilines is 1. The lowest BCUT2D eigenvalue weighted by molar-refractivity contribution is 0.384. The lowest BCUT2D eigenvalue weighted by Crippen LogP contribution is -2.42. The summed E-state index contributed by atoms with van der Waals surface area (Å²) in [6, 6.07) is 8.14. The van der Waals surface area contributed by atoms with Gasteiger partial charge in [0.15, 0.2) is 0 Å². The number of likely N-dealkylation sites (N-methyl/N-ethyl adjacent to an activating group) is 1. The van der Waals surface area contributed by atoms with Gasteiger partial charge in [-0.3, -0.25) is 0 Å². The average molecular weight is 286 g/mol. The fraction of sp³-hybridized carbons (Fsp3) is 0.389. The van der Waals surface area contributed by atoms with Gasteiger partial charge in [0.2, 0.25) is 5.90 Å². The zero-order valence-electron chi connectivity index (χ0n) is 13.9. The average Bonchev–Trinajstić information content (AvgIpc) is 2.55. The number of methoxy groups -OCH3 is 1. The quantitative estimate of drug-likeness (QED) is 0.734. The minimum absolute atomic E-state index is 0.0288. The number of para-hydroxylation sites is 2. The number of allylic oxidation sites excluding steroid dienone is 2. The normalized spacial score (nSPS) is 17.8. The lowest BCUT2D eigenvalue weighted by Gasteiger charge is -2.35. The van der Waals surface area contributed by atoms with E-state index in [2.05, 4.69) is 35.2 Å². The van der Waals surface area contributed by atoms with Crippen molar-refractivity contribution in [2.24, 2.45) is 4.99 Å². The van der Waals surface area contributed by atoms with Crippen molar-refractivity contribution in [2.75, 3.05) is 19.1 Å². The maximum atomic E-state index is 5.49. The smallest absolute Gasteiger partial charge is 0.216 e. The highest BCUT2D eigenvalue weighted by molar-refractivity contribution is 5.96. The molecule has 0 radical (unpaired) electrons. The number of nitrogens with zero attached hydrogens (tertiary/aromatic N) is 2. The Labute approximate surface area is 128 Å². The molecule has 0 saturated heterocycles. The molecule has 2 rings (SSSR count). The van der Waals surface area contributed by atoms with E-state index in [9.17, 15) is 0 Å². The number of ether oxygens (including phenoxy) is 1. The molecule has 1 aromatic rings. The summed E-state index contributed by atoms with van der Waals surface area (Å²) in [5, 5.41) is 0. The third-order valence-corrected chi connectivity index (χ3v) is 3.33. The van der Waals surface area contributed by atoms with Crippen LogP contribution in [-0.2, 0) is 4.74 Å². The van der Waals surface area contributed by atoms with Gasteiger partial charge in [0, 0.05) is 7.05 Å². The van der Waals surface area contributed by atoms with Gasteiger partial charge in [0.25, 0.3) is 0 Å². The van der Waals surface area contributed by atoms with Crippen LogP contribution in [-0.4, -0.2) is 26.1 Å². The van der Waals surface area contributed by atoms with E-state index in [4.69, 9.17) is 4.74 Å². The van der Waals surface area contributed by atoms with Crippen molar-refractivity contribution in [3.05, 3.63) is 48.1 Å². The van der Waals surface area contributed by atoms with Gasteiger partial charge in [0.05, 0.1) is 18.5 Å². The molecule has 3 nitrogen and oxygen atoms in total. The number of hydrogen-bond acceptors (Lipinski definition) is 3. The molecule has 3 heteroatoms. The lowest BCUT2D eigenvalue weighted by atomic mass is 10.0. The molecule has 1 aliphatic rings. The zero-order valence-corrected chi connectivity index (χ0v) is 13.9. The van der Waals surface area contributed by atoms with Gasteiger partial charge < -0.3 is 9.64 Å². The zero-order chi connectivity index (χ0) is 15.8. The summed E-state index contributed by atoms with van der Waals surface area (Å²) >= 11 is 0. The minimum atomic E-state index is 0.0288. The summed E-state index contributed by atoms with van der Waals surface area (Å²) in [5.74, 6) is 0.729. The number of fused-ring (bicyclic) bond motifs is 1. The van der Waals surface area contributed by atoms with Crippen LogP contribution in [0, 0.1) is 0 Å². The van der Waals surface area contributed by atoms with Gasteiger partial charge in [-0.25, -0.2) is 4.99 Å². The molecule has 1 aromatic carbocycles. The summed E-state index contributed by atoms with van der Waals surface area (Å²) < 4.78 is 5.49. The van der Waals surface area contributed by atoms with Gasteiger partial charge in [0.1, 0.15) is 6.04 Å². The first-order valence-electron chi connectivity index (χ1n) is 7.46. The van der Waals surface area contributed by atoms with Crippen LogP contribution in [0.4, 0.5) is 11.4 Å². The molecular formula is C18H26N2O. The molecule has 0 fully saturated rings. The van der Waals surface area contributed by atoms with Crippen molar-refractivity contribution >= 4 is 17.3 Å². The first-order chi connectivity index (χ1) is 10.2. The van der Waals surface area contributed by atoms with E-state index in [1.165, 1.54) is 5.57 Å². The Kier molecular flexibility index (Phi) is 6.73. The highest BCUT2D eigenvalue weighted by Gasteiger charge is 2.30. The largest absolute Gasteiger partial charge is 0.482 e. The number of benzene rings is 1. The summed E-state index contributed by atoms with van der Waals surface area (Å²) in [6.07, 6.45) is 6.24. The topological polar surface area (TPSA) is 24.8 Å². The van der Waals surface area contributed by atoms with Crippen molar-refractivity contribution in [3.8, 4) is 0 Å². The Bertz CT molecular complexity index is 544. The number of rotatable bonds is 2. The highest BCUT2D eigenvalue weighted by atomic mass is 16.5. The third kappa shape index (κ3) is 3.54. The molecule has 1 aliphatic heterocycles. The Balaban J connectivity index is 0.00000106. The Morgan fingerprint density at radius 3 is 2.48 bits per heavy atom. The molecule has 0 amide bonds. The van der Waals surface area contributed by atoms with Crippen LogP contribution in [0.2, 0.25) is 0 Å². The Hall–Kier alpha value is -2.03. The van der Waals surface area contributed by atoms with Crippen LogP contribution in [0.3, 0.4) is 0 Å². The van der Waals surface area contributed by atoms with Crippen molar-refractivity contribution in [3.63, 3.8) is 0 Å². The van der Waals surface area contributed by atoms with E-state index in [0.717, 1.165) is 17.3 Å². The van der Waals surface area contributed by atoms with Crippen molar-refractivity contribution in [1.82, 2.24) is 0 Å². The van der Waals surface area contributed by atoms with Crippen molar-refractivity contribution < 1.29 is 4.74 Å². The molecule has 114 valence electrons. The van der Waals surface area contributed by atoms with E-state index in [1.807, 2.05) is 52.0 Å². The van der Waals surface area contributed by atoms with Crippen LogP contribution in [0.1, 0.15) is 27.7 Å². The second kappa shape index (κ2) is 8.30. The second-order valence-electron chi connectivity index (χ2n) is 4.44. The molecule has 1 atom stereocenters. The molecule has 0 aromatic heterocycles. The molecule has 0 aliphatic carbocycles. The maximum Gasteiger partial charge on any atom is 0.216 e. The number of hydrogen-bond donors (Lipinski definition) is 0. The second-order valence-corrected chi connectivity index (χ2v) is 4.44. The van der Waals surface area contributed by atoms with Crippen molar-refractivity contribution in [1.29, 1.82) is 0 Å². The maximum absolute atomic E-state index is 5.49. The Morgan fingerprint density at radius 1 is 1.24 bits per heavy atom. The molecule has 1 heterocycles. The van der Waals surface area contributed by atoms with E-state index >= 15 is 0 Å². The van der Waals surface area contributed by atoms with Crippen LogP contribution in [0.25, 0.3) is 0 Å². The highest BCUT2D eigenvalue weighted by Crippen LogP contribution is 2.35. The van der Waals surface area contributed by atoms with Crippen LogP contribution in [0.15, 0.2) is 53.1 Å². The van der Waals surface area contributed by atoms with Gasteiger partial charge in [-0.05, 0) is 31.6 Å². The summed E-state index contributed by atoms with van der Waals surface area (Å²) in [7, 11) is 3.75. The van der Waals surface area contributed by atoms with Gasteiger partial charge in [-0.2, -0.15) is 0 Å². The molecule has 0 saturated carbocycles. The first-order valence-corrected chi connectivity index (χ1v) is 7.46. The molecule has 1 unspecified atom stereocenters. The molecular weight excluding hydrogens is 260 g/mol. The predicted molar refractivity (Wildman–Crippen MR) is 92.7 cm³/mol. The first kappa shape index (κ1) is 17.0. The standard InChI is InChI=1S/C16H20N2O.C2H6/c1-5-9-12(6-2)15-16(19-4)17-13-10-7-8-11-14(13)18(15)3;1-2/h5-11,15H,1-4H3;1-2H3/b9-5-,12-6+;. The predicted octanol–water partition coefficient (Wildman–Crippen LogP) is 4.73. The fourth-order valence-electron chi connectivity index (χ4n) is 2.40. The van der Waals surface area contributed by atoms with Crippen molar-refractivity contribution in [2.45, 2.75) is 33.7 Å². The van der Waals surface area contributed by atoms with Crippen LogP contribution >= 0.6 is 0 Å². The van der Waals surface area contributed by atoms with Crippen LogP contribution < -0.4 is 4.90 Å². The van der Waals surface area contributed by atoms with E-state index in [1.54, 1.807) is 7.11 Å². The minimum Gasteiger partial charge on any atom is -0.482 e. The van der Waals surface area contributed by atoms with Gasteiger partial charge in [-0.15, -0.1) is 0 Å². The van der Waals surface area contributed by atoms with Crippen LogP contribution in [0.5, 0.6) is 0 Å². The summed E-state index contributed by atoms with van der Waals surface area (Å²) in [5.41, 5.74) is 3.26. The third-order valence-electron chi connectivity index (χ3n) is 3.33. The molecule has 0 spiro atoms. The van der Waals surface area contributed by atoms with E-state index in [0.29, 0.717) is 0 Å². The monoisotopic (exact) mass is 286 g/mol. The molecule has 0 N–H and O–H groups in total. The van der Waals surface area contributed by atoms with Gasteiger partial charge >= 0.3 is 0 Å². The molecule has 21 heavy (non-hydrogen) atoms. The van der Waals surface area contributed by atoms with E-state index < -0.39 is 0 Å².